The first-order chi connectivity index (χ1) is 9.08. The Morgan fingerprint density at radius 1 is 1.42 bits per heavy atom. The van der Waals surface area contributed by atoms with Gasteiger partial charge in [0, 0.05) is 9.75 Å². The van der Waals surface area contributed by atoms with Crippen LogP contribution in [0.1, 0.15) is 42.4 Å². The number of hydrogen-bond donors (Lipinski definition) is 2. The maximum Gasteiger partial charge on any atom is 0.233 e. The molecule has 1 aromatic heterocycles. The summed E-state index contributed by atoms with van der Waals surface area (Å²) in [6.07, 6.45) is 4.68. The molecule has 1 aliphatic carbocycles. The van der Waals surface area contributed by atoms with Gasteiger partial charge in [-0.3, -0.25) is 4.79 Å². The van der Waals surface area contributed by atoms with E-state index in [1.165, 1.54) is 9.75 Å². The van der Waals surface area contributed by atoms with E-state index in [1.54, 1.807) is 11.3 Å². The quantitative estimate of drug-likeness (QED) is 0.822. The van der Waals surface area contributed by atoms with Crippen molar-refractivity contribution in [2.45, 2.75) is 45.6 Å². The molecule has 2 rings (SSSR count). The maximum atomic E-state index is 12.4. The van der Waals surface area contributed by atoms with Gasteiger partial charge < -0.3 is 11.1 Å². The molecule has 0 aromatic carbocycles. The highest BCUT2D eigenvalue weighted by Crippen LogP contribution is 2.38. The lowest BCUT2D eigenvalue weighted by molar-refractivity contribution is -0.127. The molecule has 3 nitrogen and oxygen atoms in total. The van der Waals surface area contributed by atoms with Gasteiger partial charge in [0.1, 0.15) is 0 Å². The van der Waals surface area contributed by atoms with E-state index >= 15 is 0 Å². The molecule has 3 N–H and O–H groups in total. The van der Waals surface area contributed by atoms with Crippen molar-refractivity contribution in [2.24, 2.45) is 11.1 Å². The van der Waals surface area contributed by atoms with Crippen molar-refractivity contribution in [1.82, 2.24) is 5.32 Å². The van der Waals surface area contributed by atoms with Gasteiger partial charge in [-0.25, -0.2) is 0 Å². The molecule has 0 saturated heterocycles. The van der Waals surface area contributed by atoms with Crippen molar-refractivity contribution in [2.75, 3.05) is 0 Å². The molecule has 1 saturated carbocycles. The molecule has 0 unspecified atom stereocenters. The Morgan fingerprint density at radius 2 is 2.05 bits per heavy atom. The van der Waals surface area contributed by atoms with Crippen LogP contribution in [0, 0.1) is 5.41 Å². The summed E-state index contributed by atoms with van der Waals surface area (Å²) in [6.45, 7) is 2.71. The minimum absolute atomic E-state index is 0.00366. The Balaban J connectivity index is 1.98. The second kappa shape index (κ2) is 6.01. The number of carbonyl (C=O) groups excluding carboxylic acids is 1. The van der Waals surface area contributed by atoms with Crippen LogP contribution in [0.25, 0.3) is 0 Å². The van der Waals surface area contributed by atoms with Gasteiger partial charge in [-0.15, -0.1) is 11.3 Å². The fourth-order valence-electron chi connectivity index (χ4n) is 2.61. The Hall–Kier alpha value is -0.940. The van der Waals surface area contributed by atoms with E-state index in [-0.39, 0.29) is 5.91 Å². The summed E-state index contributed by atoms with van der Waals surface area (Å²) in [7, 11) is 0. The van der Waals surface area contributed by atoms with Crippen LogP contribution in [-0.4, -0.2) is 10.9 Å². The highest BCUT2D eigenvalue weighted by Gasteiger charge is 2.43. The number of thiophene rings is 1. The zero-order valence-electron chi connectivity index (χ0n) is 11.2. The number of carbonyl (C=O) groups is 1. The smallest absolute Gasteiger partial charge is 0.233 e. The summed E-state index contributed by atoms with van der Waals surface area (Å²) in [5.74, 6) is 0.00366. The first kappa shape index (κ1) is 14.5. The maximum absolute atomic E-state index is 12.4. The van der Waals surface area contributed by atoms with Crippen molar-refractivity contribution in [3.05, 3.63) is 21.9 Å². The Morgan fingerprint density at radius 3 is 2.58 bits per heavy atom. The first-order valence-electron chi connectivity index (χ1n) is 6.74. The summed E-state index contributed by atoms with van der Waals surface area (Å²) in [5, 5.41) is 3.00. The second-order valence-electron chi connectivity index (χ2n) is 5.06. The minimum atomic E-state index is -0.597. The second-order valence-corrected chi connectivity index (χ2v) is 6.75. The van der Waals surface area contributed by atoms with Gasteiger partial charge in [0.15, 0.2) is 0 Å². The van der Waals surface area contributed by atoms with Crippen molar-refractivity contribution >= 4 is 34.5 Å². The SMILES string of the molecule is CCc1ccc(CNC(=O)C2(C(N)=S)CCCC2)s1. The number of hydrogen-bond acceptors (Lipinski definition) is 3. The van der Waals surface area contributed by atoms with Crippen LogP contribution in [0.15, 0.2) is 12.1 Å². The lowest BCUT2D eigenvalue weighted by Crippen LogP contribution is -2.46. The summed E-state index contributed by atoms with van der Waals surface area (Å²) in [4.78, 5) is 15.3. The molecule has 0 radical (unpaired) electrons. The van der Waals surface area contributed by atoms with Gasteiger partial charge in [-0.05, 0) is 31.4 Å². The van der Waals surface area contributed by atoms with Gasteiger partial charge in [-0.2, -0.15) is 0 Å². The Bertz CT molecular complexity index is 476. The van der Waals surface area contributed by atoms with E-state index in [1.807, 2.05) is 0 Å². The molecule has 19 heavy (non-hydrogen) atoms. The monoisotopic (exact) mass is 296 g/mol. The molecule has 1 amide bonds. The molecular formula is C14H20N2OS2. The van der Waals surface area contributed by atoms with Gasteiger partial charge in [0.25, 0.3) is 0 Å². The van der Waals surface area contributed by atoms with E-state index in [2.05, 4.69) is 24.4 Å². The van der Waals surface area contributed by atoms with Crippen molar-refractivity contribution < 1.29 is 4.79 Å². The number of thiocarbonyl (C=S) groups is 1. The first-order valence-corrected chi connectivity index (χ1v) is 7.97. The van der Waals surface area contributed by atoms with Crippen LogP contribution in [0.2, 0.25) is 0 Å². The molecule has 5 heteroatoms. The van der Waals surface area contributed by atoms with Crippen LogP contribution >= 0.6 is 23.6 Å². The molecular weight excluding hydrogens is 276 g/mol. The van der Waals surface area contributed by atoms with Gasteiger partial charge >= 0.3 is 0 Å². The molecule has 0 atom stereocenters. The zero-order valence-corrected chi connectivity index (χ0v) is 12.8. The Kier molecular flexibility index (Phi) is 4.58. The summed E-state index contributed by atoms with van der Waals surface area (Å²) < 4.78 is 0. The lowest BCUT2D eigenvalue weighted by atomic mass is 9.85. The summed E-state index contributed by atoms with van der Waals surface area (Å²) in [6, 6.07) is 4.19. The van der Waals surface area contributed by atoms with Crippen molar-refractivity contribution in [1.29, 1.82) is 0 Å². The van der Waals surface area contributed by atoms with Crippen LogP contribution in [0.3, 0.4) is 0 Å². The highest BCUT2D eigenvalue weighted by atomic mass is 32.1. The number of rotatable bonds is 5. The average Bonchev–Trinajstić information content (AvgIpc) is 3.05. The number of nitrogens with one attached hydrogen (secondary N) is 1. The molecule has 1 fully saturated rings. The molecule has 0 spiro atoms. The van der Waals surface area contributed by atoms with E-state index in [0.717, 1.165) is 32.1 Å². The van der Waals surface area contributed by atoms with Gasteiger partial charge in [-0.1, -0.05) is 32.0 Å². The van der Waals surface area contributed by atoms with Crippen LogP contribution in [0.5, 0.6) is 0 Å². The van der Waals surface area contributed by atoms with E-state index in [0.29, 0.717) is 11.5 Å². The number of amides is 1. The average molecular weight is 296 g/mol. The predicted molar refractivity (Wildman–Crippen MR) is 83.2 cm³/mol. The van der Waals surface area contributed by atoms with E-state index in [9.17, 15) is 4.79 Å². The predicted octanol–water partition coefficient (Wildman–Crippen LogP) is 2.77. The summed E-state index contributed by atoms with van der Waals surface area (Å²) >= 11 is 6.86. The third-order valence-electron chi connectivity index (χ3n) is 3.85. The molecule has 1 aromatic rings. The topological polar surface area (TPSA) is 55.1 Å². The Labute approximate surface area is 123 Å². The van der Waals surface area contributed by atoms with E-state index in [4.69, 9.17) is 18.0 Å². The highest BCUT2D eigenvalue weighted by molar-refractivity contribution is 7.80. The fourth-order valence-corrected chi connectivity index (χ4v) is 3.80. The largest absolute Gasteiger partial charge is 0.392 e. The normalized spacial score (nSPS) is 17.3. The van der Waals surface area contributed by atoms with Crippen LogP contribution in [0.4, 0.5) is 0 Å². The third kappa shape index (κ3) is 2.98. The summed E-state index contributed by atoms with van der Waals surface area (Å²) in [5.41, 5.74) is 5.20. The van der Waals surface area contributed by atoms with E-state index < -0.39 is 5.41 Å². The number of aryl methyl sites for hydroxylation is 1. The molecule has 0 aliphatic heterocycles. The molecule has 1 heterocycles. The number of nitrogens with two attached hydrogens (primary N) is 1. The molecule has 104 valence electrons. The van der Waals surface area contributed by atoms with Crippen LogP contribution < -0.4 is 11.1 Å². The fraction of sp³-hybridized carbons (Fsp3) is 0.571. The standard InChI is InChI=1S/C14H20N2OS2/c1-2-10-5-6-11(19-10)9-16-13(17)14(12(15)18)7-3-4-8-14/h5-6H,2-4,7-9H2,1H3,(H2,15,18)(H,16,17). The van der Waals surface area contributed by atoms with Gasteiger partial charge in [0.05, 0.1) is 16.9 Å². The van der Waals surface area contributed by atoms with Crippen molar-refractivity contribution in [3.63, 3.8) is 0 Å². The minimum Gasteiger partial charge on any atom is -0.392 e. The molecule has 0 bridgehead atoms. The van der Waals surface area contributed by atoms with Crippen LogP contribution in [-0.2, 0) is 17.8 Å². The third-order valence-corrected chi connectivity index (χ3v) is 5.47. The van der Waals surface area contributed by atoms with Gasteiger partial charge in [0.2, 0.25) is 5.91 Å². The lowest BCUT2D eigenvalue weighted by Gasteiger charge is -2.26. The zero-order chi connectivity index (χ0) is 13.9. The van der Waals surface area contributed by atoms with Crippen molar-refractivity contribution in [3.8, 4) is 0 Å². The molecule has 1 aliphatic rings.